The highest BCUT2D eigenvalue weighted by molar-refractivity contribution is 5.87. The number of aromatic carboxylic acids is 1. The molecule has 1 atom stereocenters. The Labute approximate surface area is 114 Å². The van der Waals surface area contributed by atoms with Crippen LogP contribution >= 0.6 is 0 Å². The third kappa shape index (κ3) is 3.14. The zero-order valence-corrected chi connectivity index (χ0v) is 11.7. The number of ether oxygens (including phenoxy) is 1. The summed E-state index contributed by atoms with van der Waals surface area (Å²) < 4.78 is 5.78. The molecule has 4 heteroatoms. The lowest BCUT2D eigenvalue weighted by Crippen LogP contribution is -2.54. The second-order valence-electron chi connectivity index (χ2n) is 5.60. The number of benzene rings is 1. The van der Waals surface area contributed by atoms with Crippen LogP contribution < -0.4 is 0 Å². The first-order valence-corrected chi connectivity index (χ1v) is 6.60. The van der Waals surface area contributed by atoms with Crippen LogP contribution in [-0.2, 0) is 11.3 Å². The molecule has 19 heavy (non-hydrogen) atoms. The fourth-order valence-corrected chi connectivity index (χ4v) is 2.38. The van der Waals surface area contributed by atoms with E-state index in [1.165, 1.54) is 0 Å². The molecular weight excluding hydrogens is 242 g/mol. The summed E-state index contributed by atoms with van der Waals surface area (Å²) in [5.41, 5.74) is 1.33. The molecule has 1 aliphatic rings. The number of morpholine rings is 1. The van der Waals surface area contributed by atoms with Gasteiger partial charge in [0.05, 0.1) is 17.8 Å². The van der Waals surface area contributed by atoms with Gasteiger partial charge in [0, 0.05) is 19.1 Å². The lowest BCUT2D eigenvalue weighted by Gasteiger charge is -2.44. The van der Waals surface area contributed by atoms with E-state index in [4.69, 9.17) is 9.84 Å². The Bertz CT molecular complexity index is 453. The number of carboxylic acid groups (broad SMARTS) is 1. The third-order valence-electron chi connectivity index (χ3n) is 3.99. The van der Waals surface area contributed by atoms with Gasteiger partial charge < -0.3 is 9.84 Å². The van der Waals surface area contributed by atoms with Crippen LogP contribution in [0, 0.1) is 0 Å². The molecule has 0 saturated carbocycles. The Morgan fingerprint density at radius 1 is 1.42 bits per heavy atom. The summed E-state index contributed by atoms with van der Waals surface area (Å²) in [6.45, 7) is 8.86. The van der Waals surface area contributed by atoms with E-state index in [1.807, 2.05) is 12.1 Å². The van der Waals surface area contributed by atoms with Crippen molar-refractivity contribution in [3.05, 3.63) is 35.4 Å². The largest absolute Gasteiger partial charge is 0.478 e. The lowest BCUT2D eigenvalue weighted by atomic mass is 9.96. The molecule has 0 aliphatic carbocycles. The van der Waals surface area contributed by atoms with Gasteiger partial charge in [0.15, 0.2) is 0 Å². The number of nitrogens with zero attached hydrogens (tertiary/aromatic N) is 1. The van der Waals surface area contributed by atoms with Gasteiger partial charge >= 0.3 is 5.97 Å². The van der Waals surface area contributed by atoms with Crippen LogP contribution in [0.15, 0.2) is 24.3 Å². The highest BCUT2D eigenvalue weighted by Crippen LogP contribution is 2.25. The fraction of sp³-hybridized carbons (Fsp3) is 0.533. The van der Waals surface area contributed by atoms with E-state index < -0.39 is 5.97 Å². The minimum Gasteiger partial charge on any atom is -0.478 e. The molecular formula is C15H21NO3. The first-order chi connectivity index (χ1) is 8.90. The first kappa shape index (κ1) is 14.0. The van der Waals surface area contributed by atoms with Crippen molar-refractivity contribution in [1.29, 1.82) is 0 Å². The number of hydrogen-bond donors (Lipinski definition) is 1. The van der Waals surface area contributed by atoms with Crippen molar-refractivity contribution in [2.45, 2.75) is 39.0 Å². The minimum atomic E-state index is -0.882. The topological polar surface area (TPSA) is 49.8 Å². The predicted octanol–water partition coefficient (Wildman–Crippen LogP) is 2.38. The van der Waals surface area contributed by atoms with Crippen molar-refractivity contribution in [1.82, 2.24) is 4.90 Å². The Balaban J connectivity index is 2.06. The minimum absolute atomic E-state index is 0.140. The average molecular weight is 263 g/mol. The average Bonchev–Trinajstić information content (AvgIpc) is 2.35. The van der Waals surface area contributed by atoms with E-state index in [0.29, 0.717) is 11.6 Å². The van der Waals surface area contributed by atoms with Crippen LogP contribution in [0.4, 0.5) is 0 Å². The molecule has 0 radical (unpaired) electrons. The molecule has 0 amide bonds. The van der Waals surface area contributed by atoms with Gasteiger partial charge in [-0.15, -0.1) is 0 Å². The Kier molecular flexibility index (Phi) is 3.92. The van der Waals surface area contributed by atoms with Crippen LogP contribution in [0.5, 0.6) is 0 Å². The predicted molar refractivity (Wildman–Crippen MR) is 73.3 cm³/mol. The van der Waals surface area contributed by atoms with E-state index in [9.17, 15) is 4.79 Å². The van der Waals surface area contributed by atoms with Crippen LogP contribution in [0.3, 0.4) is 0 Å². The summed E-state index contributed by atoms with van der Waals surface area (Å²) in [5, 5.41) is 8.88. The van der Waals surface area contributed by atoms with Gasteiger partial charge in [0.1, 0.15) is 0 Å². The molecule has 1 aromatic rings. The molecule has 1 fully saturated rings. The summed E-state index contributed by atoms with van der Waals surface area (Å²) >= 11 is 0. The second-order valence-corrected chi connectivity index (χ2v) is 5.60. The van der Waals surface area contributed by atoms with Crippen molar-refractivity contribution in [2.24, 2.45) is 0 Å². The van der Waals surface area contributed by atoms with Crippen molar-refractivity contribution < 1.29 is 14.6 Å². The molecule has 1 heterocycles. The Hall–Kier alpha value is -1.39. The molecule has 2 rings (SSSR count). The fourth-order valence-electron chi connectivity index (χ4n) is 2.38. The van der Waals surface area contributed by atoms with Crippen LogP contribution in [-0.4, -0.2) is 40.8 Å². The smallest absolute Gasteiger partial charge is 0.335 e. The van der Waals surface area contributed by atoms with Gasteiger partial charge in [-0.05, 0) is 38.5 Å². The molecule has 1 unspecified atom stereocenters. The Morgan fingerprint density at radius 2 is 2.05 bits per heavy atom. The van der Waals surface area contributed by atoms with E-state index in [1.54, 1.807) is 12.1 Å². The Morgan fingerprint density at radius 3 is 2.63 bits per heavy atom. The van der Waals surface area contributed by atoms with Crippen LogP contribution in [0.1, 0.15) is 36.7 Å². The SMILES string of the molecule is CC1N(Cc2ccc(C(=O)O)cc2)CCOC1(C)C. The van der Waals surface area contributed by atoms with Gasteiger partial charge in [-0.25, -0.2) is 4.79 Å². The first-order valence-electron chi connectivity index (χ1n) is 6.60. The van der Waals surface area contributed by atoms with Gasteiger partial charge in [-0.1, -0.05) is 12.1 Å². The highest BCUT2D eigenvalue weighted by Gasteiger charge is 2.35. The second kappa shape index (κ2) is 5.31. The van der Waals surface area contributed by atoms with E-state index in [0.717, 1.165) is 25.3 Å². The number of hydrogen-bond acceptors (Lipinski definition) is 3. The molecule has 104 valence electrons. The molecule has 1 aromatic carbocycles. The molecule has 0 aromatic heterocycles. The third-order valence-corrected chi connectivity index (χ3v) is 3.99. The summed E-state index contributed by atoms with van der Waals surface area (Å²) in [6.07, 6.45) is 0. The number of rotatable bonds is 3. The van der Waals surface area contributed by atoms with Crippen LogP contribution in [0.25, 0.3) is 0 Å². The zero-order valence-electron chi connectivity index (χ0n) is 11.7. The maximum Gasteiger partial charge on any atom is 0.335 e. The maximum absolute atomic E-state index is 10.8. The van der Waals surface area contributed by atoms with Gasteiger partial charge in [0.2, 0.25) is 0 Å². The molecule has 0 bridgehead atoms. The van der Waals surface area contributed by atoms with Crippen LogP contribution in [0.2, 0.25) is 0 Å². The standard InChI is InChI=1S/C15H21NO3/c1-11-15(2,3)19-9-8-16(11)10-12-4-6-13(7-5-12)14(17)18/h4-7,11H,8-10H2,1-3H3,(H,17,18). The van der Waals surface area contributed by atoms with Crippen molar-refractivity contribution in [3.63, 3.8) is 0 Å². The van der Waals surface area contributed by atoms with Gasteiger partial charge in [-0.2, -0.15) is 0 Å². The number of carboxylic acids is 1. The molecule has 1 saturated heterocycles. The summed E-state index contributed by atoms with van der Waals surface area (Å²) in [7, 11) is 0. The highest BCUT2D eigenvalue weighted by atomic mass is 16.5. The number of carbonyl (C=O) groups is 1. The molecule has 4 nitrogen and oxygen atoms in total. The molecule has 0 spiro atoms. The zero-order chi connectivity index (χ0) is 14.0. The summed E-state index contributed by atoms with van der Waals surface area (Å²) in [5.74, 6) is -0.882. The molecule has 1 aliphatic heterocycles. The van der Waals surface area contributed by atoms with E-state index in [-0.39, 0.29) is 5.60 Å². The van der Waals surface area contributed by atoms with Crippen molar-refractivity contribution >= 4 is 5.97 Å². The summed E-state index contributed by atoms with van der Waals surface area (Å²) in [6, 6.07) is 7.43. The van der Waals surface area contributed by atoms with Crippen molar-refractivity contribution in [2.75, 3.05) is 13.2 Å². The molecule has 1 N–H and O–H groups in total. The van der Waals surface area contributed by atoms with Gasteiger partial charge in [0.25, 0.3) is 0 Å². The normalized spacial score (nSPS) is 23.2. The van der Waals surface area contributed by atoms with Gasteiger partial charge in [-0.3, -0.25) is 4.90 Å². The quantitative estimate of drug-likeness (QED) is 0.909. The van der Waals surface area contributed by atoms with E-state index in [2.05, 4.69) is 25.7 Å². The lowest BCUT2D eigenvalue weighted by molar-refractivity contribution is -0.124. The van der Waals surface area contributed by atoms with E-state index >= 15 is 0 Å². The monoisotopic (exact) mass is 263 g/mol. The van der Waals surface area contributed by atoms with Crippen molar-refractivity contribution in [3.8, 4) is 0 Å². The maximum atomic E-state index is 10.8. The summed E-state index contributed by atoms with van der Waals surface area (Å²) in [4.78, 5) is 13.2.